The van der Waals surface area contributed by atoms with Crippen LogP contribution in [-0.4, -0.2) is 82.3 Å². The summed E-state index contributed by atoms with van der Waals surface area (Å²) in [5.41, 5.74) is 0. The van der Waals surface area contributed by atoms with Gasteiger partial charge in [-0.25, -0.2) is 0 Å². The zero-order valence-corrected chi connectivity index (χ0v) is 52.2. The number of carbonyl (C=O) groups is 3. The summed E-state index contributed by atoms with van der Waals surface area (Å²) < 4.78 is 22.6. The van der Waals surface area contributed by atoms with E-state index in [4.69, 9.17) is 18.9 Å². The molecule has 0 aliphatic rings. The second-order valence-corrected chi connectivity index (χ2v) is 20.9. The largest absolute Gasteiger partial charge is 0.545 e. The molecular weight excluding hydrogens is 1030 g/mol. The van der Waals surface area contributed by atoms with E-state index in [9.17, 15) is 19.5 Å². The Morgan fingerprint density at radius 3 is 0.964 bits per heavy atom. The van der Waals surface area contributed by atoms with Gasteiger partial charge in [0.2, 0.25) is 0 Å². The Morgan fingerprint density at radius 2 is 0.651 bits per heavy atom. The van der Waals surface area contributed by atoms with Crippen LogP contribution in [0.4, 0.5) is 0 Å². The van der Waals surface area contributed by atoms with Gasteiger partial charge in [-0.3, -0.25) is 9.59 Å². The van der Waals surface area contributed by atoms with E-state index in [-0.39, 0.29) is 32.7 Å². The second-order valence-electron chi connectivity index (χ2n) is 20.9. The molecule has 0 spiro atoms. The standard InChI is InChI=1S/C74H111NO8/c1-6-8-10-12-14-16-18-20-22-24-26-27-28-29-30-31-32-33-34-35-36-37-38-39-40-41-42-43-44-45-47-49-51-53-55-57-59-61-63-65-72(77)83-70(69-82-74(73(78)79)80-67-66-75(3,4)5)68-81-71(76)64-62-60-58-56-54-52-50-48-46-25-23-21-19-17-15-13-11-9-7-2/h8-11,14-17,20-23,26-27,29-30,32-33,35-36,38-39,41-42,44-46,48-49,51-52,54-55,57,70,74H,6-7,12-13,18-19,24-25,28,31,34,37,40,43,47,50,53,56,58-69H2,1-5H3/b10-8-,11-9-,16-14-,17-15-,22-20-,23-21-,27-26-,30-29-,33-32-,36-35-,39-38-,42-41-,45-44-,48-46-,51-49-,54-52-,57-55-. The predicted octanol–water partition coefficient (Wildman–Crippen LogP) is 17.9. The maximum atomic E-state index is 12.9. The Bertz CT molecular complexity index is 2110. The Balaban J connectivity index is 4.37. The number of nitrogens with zero attached hydrogens (tertiary/aromatic N) is 1. The van der Waals surface area contributed by atoms with Crippen LogP contribution in [0.3, 0.4) is 0 Å². The summed E-state index contributed by atoms with van der Waals surface area (Å²) in [5, 5.41) is 11.8. The van der Waals surface area contributed by atoms with Crippen LogP contribution in [0, 0.1) is 0 Å². The van der Waals surface area contributed by atoms with Crippen molar-refractivity contribution >= 4 is 17.9 Å². The van der Waals surface area contributed by atoms with Crippen molar-refractivity contribution in [3.05, 3.63) is 207 Å². The molecule has 83 heavy (non-hydrogen) atoms. The minimum atomic E-state index is -1.66. The normalized spacial score (nSPS) is 14.2. The van der Waals surface area contributed by atoms with Crippen LogP contribution in [-0.2, 0) is 33.3 Å². The average molecular weight is 1140 g/mol. The highest BCUT2D eigenvalue weighted by Crippen LogP contribution is 2.11. The number of ether oxygens (including phenoxy) is 4. The molecule has 0 saturated carbocycles. The molecule has 0 bridgehead atoms. The van der Waals surface area contributed by atoms with E-state index < -0.39 is 30.3 Å². The zero-order valence-electron chi connectivity index (χ0n) is 52.2. The van der Waals surface area contributed by atoms with E-state index in [2.05, 4.69) is 220 Å². The minimum absolute atomic E-state index is 0.121. The lowest BCUT2D eigenvalue weighted by Crippen LogP contribution is -2.44. The number of rotatable bonds is 54. The fourth-order valence-corrected chi connectivity index (χ4v) is 7.31. The van der Waals surface area contributed by atoms with E-state index in [0.717, 1.165) is 141 Å². The van der Waals surface area contributed by atoms with E-state index in [1.54, 1.807) is 0 Å². The molecule has 0 fully saturated rings. The third-order valence-electron chi connectivity index (χ3n) is 12.0. The minimum Gasteiger partial charge on any atom is -0.545 e. The number of esters is 2. The van der Waals surface area contributed by atoms with Gasteiger partial charge in [0.1, 0.15) is 13.2 Å². The van der Waals surface area contributed by atoms with Gasteiger partial charge >= 0.3 is 11.9 Å². The number of allylic oxidation sites excluding steroid dienone is 34. The molecule has 0 amide bonds. The van der Waals surface area contributed by atoms with Gasteiger partial charge in [0, 0.05) is 12.8 Å². The molecule has 2 atom stereocenters. The third kappa shape index (κ3) is 63.3. The fraction of sp³-hybridized carbons (Fsp3) is 0.500. The van der Waals surface area contributed by atoms with Crippen molar-refractivity contribution in [2.24, 2.45) is 0 Å². The monoisotopic (exact) mass is 1140 g/mol. The molecule has 0 N–H and O–H groups in total. The molecule has 0 heterocycles. The zero-order chi connectivity index (χ0) is 60.5. The van der Waals surface area contributed by atoms with Gasteiger partial charge in [0.25, 0.3) is 0 Å². The highest BCUT2D eigenvalue weighted by Gasteiger charge is 2.22. The number of quaternary nitrogens is 1. The molecular formula is C74H111NO8. The van der Waals surface area contributed by atoms with Gasteiger partial charge in [-0.1, -0.05) is 227 Å². The summed E-state index contributed by atoms with van der Waals surface area (Å²) in [5.74, 6) is -2.42. The first-order valence-electron chi connectivity index (χ1n) is 31.2. The van der Waals surface area contributed by atoms with E-state index in [1.807, 2.05) is 21.1 Å². The van der Waals surface area contributed by atoms with Crippen LogP contribution in [0.1, 0.15) is 181 Å². The van der Waals surface area contributed by atoms with Gasteiger partial charge in [0.15, 0.2) is 12.4 Å². The molecule has 9 heteroatoms. The van der Waals surface area contributed by atoms with Crippen LogP contribution in [0.2, 0.25) is 0 Å². The van der Waals surface area contributed by atoms with Crippen molar-refractivity contribution in [2.75, 3.05) is 47.5 Å². The quantitative estimate of drug-likeness (QED) is 0.0195. The van der Waals surface area contributed by atoms with E-state index in [0.29, 0.717) is 23.9 Å². The second kappa shape index (κ2) is 61.9. The molecule has 0 saturated heterocycles. The number of carbonyl (C=O) groups excluding carboxylic acids is 3. The fourth-order valence-electron chi connectivity index (χ4n) is 7.31. The first-order chi connectivity index (χ1) is 40.6. The number of carboxylic acid groups (broad SMARTS) is 1. The summed E-state index contributed by atoms with van der Waals surface area (Å²) in [6.07, 6.45) is 94.7. The molecule has 0 aromatic rings. The molecule has 0 rings (SSSR count). The van der Waals surface area contributed by atoms with Crippen molar-refractivity contribution in [1.29, 1.82) is 0 Å². The molecule has 460 valence electrons. The Labute approximate surface area is 505 Å². The SMILES string of the molecule is CC/C=C\C/C=C\C/C=C\C/C=C\C/C=C\C/C=C\C/C=C\C/C=C\C/C=C\C/C=C\C/C=C\C/C=C\CCCCC(=O)OC(COC(=O)CCCCC/C=C\C/C=C\C/C=C\C/C=C\C/C=C\CC)COC(OCC[N+](C)(C)C)C(=O)[O-]. The van der Waals surface area contributed by atoms with Gasteiger partial charge in [0.05, 0.1) is 40.3 Å². The lowest BCUT2D eigenvalue weighted by atomic mass is 10.1. The van der Waals surface area contributed by atoms with Gasteiger partial charge in [-0.15, -0.1) is 0 Å². The van der Waals surface area contributed by atoms with Crippen molar-refractivity contribution in [2.45, 2.75) is 193 Å². The summed E-state index contributed by atoms with van der Waals surface area (Å²) in [6, 6.07) is 0. The third-order valence-corrected chi connectivity index (χ3v) is 12.0. The Kier molecular flexibility index (Phi) is 57.4. The van der Waals surface area contributed by atoms with Gasteiger partial charge < -0.3 is 33.3 Å². The summed E-state index contributed by atoms with van der Waals surface area (Å²) in [7, 11) is 5.87. The topological polar surface area (TPSA) is 111 Å². The first-order valence-corrected chi connectivity index (χ1v) is 31.2. The van der Waals surface area contributed by atoms with Crippen LogP contribution in [0.15, 0.2) is 207 Å². The Morgan fingerprint density at radius 1 is 0.361 bits per heavy atom. The summed E-state index contributed by atoms with van der Waals surface area (Å²) in [6.45, 7) is 4.38. The lowest BCUT2D eigenvalue weighted by Gasteiger charge is -2.26. The molecule has 0 radical (unpaired) electrons. The van der Waals surface area contributed by atoms with E-state index >= 15 is 0 Å². The van der Waals surface area contributed by atoms with Crippen LogP contribution in [0.25, 0.3) is 0 Å². The average Bonchev–Trinajstić information content (AvgIpc) is 3.46. The molecule has 0 aromatic carbocycles. The van der Waals surface area contributed by atoms with Gasteiger partial charge in [-0.2, -0.15) is 0 Å². The number of hydrogen-bond acceptors (Lipinski definition) is 8. The predicted molar refractivity (Wildman–Crippen MR) is 351 cm³/mol. The van der Waals surface area contributed by atoms with Crippen molar-refractivity contribution in [1.82, 2.24) is 0 Å². The van der Waals surface area contributed by atoms with Crippen molar-refractivity contribution < 1.29 is 42.9 Å². The van der Waals surface area contributed by atoms with E-state index in [1.165, 1.54) is 0 Å². The van der Waals surface area contributed by atoms with Crippen molar-refractivity contribution in [3.63, 3.8) is 0 Å². The first kappa shape index (κ1) is 76.9. The van der Waals surface area contributed by atoms with Crippen LogP contribution < -0.4 is 5.11 Å². The number of hydrogen-bond donors (Lipinski definition) is 0. The van der Waals surface area contributed by atoms with Crippen LogP contribution >= 0.6 is 0 Å². The van der Waals surface area contributed by atoms with Gasteiger partial charge in [-0.05, 0) is 148 Å². The maximum Gasteiger partial charge on any atom is 0.306 e. The molecule has 2 unspecified atom stereocenters. The number of unbranched alkanes of at least 4 members (excludes halogenated alkanes) is 5. The highest BCUT2D eigenvalue weighted by molar-refractivity contribution is 5.70. The summed E-state index contributed by atoms with van der Waals surface area (Å²) in [4.78, 5) is 37.3. The highest BCUT2D eigenvalue weighted by atomic mass is 16.7. The number of aliphatic carboxylic acids is 1. The Hall–Kier alpha value is -6.13. The molecule has 0 aromatic heterocycles. The maximum absolute atomic E-state index is 12.9. The number of carboxylic acids is 1. The smallest absolute Gasteiger partial charge is 0.306 e. The molecule has 0 aliphatic heterocycles. The van der Waals surface area contributed by atoms with Crippen LogP contribution in [0.5, 0.6) is 0 Å². The summed E-state index contributed by atoms with van der Waals surface area (Å²) >= 11 is 0. The number of likely N-dealkylation sites (N-methyl/N-ethyl adjacent to an activating group) is 1. The molecule has 9 nitrogen and oxygen atoms in total. The van der Waals surface area contributed by atoms with Crippen molar-refractivity contribution in [3.8, 4) is 0 Å². The lowest BCUT2D eigenvalue weighted by molar-refractivity contribution is -0.870. The molecule has 0 aliphatic carbocycles.